The molecule has 0 aromatic heterocycles. The molecule has 0 spiro atoms. The number of hydrogen-bond donors (Lipinski definition) is 0. The lowest BCUT2D eigenvalue weighted by Crippen LogP contribution is -2.05. The zero-order chi connectivity index (χ0) is 16.9. The first-order valence-electron chi connectivity index (χ1n) is 7.60. The fourth-order valence-electron chi connectivity index (χ4n) is 2.32. The van der Waals surface area contributed by atoms with Crippen molar-refractivity contribution in [2.24, 2.45) is 4.99 Å². The number of cyclic esters (lactones) is 1. The molecule has 0 fully saturated rings. The number of esters is 1. The number of benzene rings is 2. The smallest absolute Gasteiger partial charge is 0.363 e. The van der Waals surface area contributed by atoms with Gasteiger partial charge in [-0.25, -0.2) is 9.79 Å². The minimum Gasteiger partial charge on any atom is -0.497 e. The average molecular weight is 323 g/mol. The maximum absolute atomic E-state index is 12.1. The molecule has 1 aliphatic heterocycles. The molecule has 0 saturated carbocycles. The Kier molecular flexibility index (Phi) is 4.61. The standard InChI is InChI=1S/C19H17NO4/c1-3-23-17-10-5-4-7-13(17)12-16-19(21)24-18(20-16)14-8-6-9-15(11-14)22-2/h4-12H,3H2,1-2H3/b16-12-. The molecule has 0 saturated heterocycles. The Morgan fingerprint density at radius 2 is 2.00 bits per heavy atom. The summed E-state index contributed by atoms with van der Waals surface area (Å²) >= 11 is 0. The van der Waals surface area contributed by atoms with Crippen LogP contribution in [0.5, 0.6) is 11.5 Å². The second-order valence-corrected chi connectivity index (χ2v) is 5.04. The van der Waals surface area contributed by atoms with Gasteiger partial charge in [0.25, 0.3) is 0 Å². The zero-order valence-electron chi connectivity index (χ0n) is 13.5. The summed E-state index contributed by atoms with van der Waals surface area (Å²) in [5, 5.41) is 0. The number of ether oxygens (including phenoxy) is 3. The van der Waals surface area contributed by atoms with Crippen LogP contribution >= 0.6 is 0 Å². The van der Waals surface area contributed by atoms with E-state index in [0.29, 0.717) is 23.7 Å². The van der Waals surface area contributed by atoms with Crippen molar-refractivity contribution in [2.75, 3.05) is 13.7 Å². The molecule has 0 amide bonds. The van der Waals surface area contributed by atoms with Crippen LogP contribution < -0.4 is 9.47 Å². The maximum atomic E-state index is 12.1. The summed E-state index contributed by atoms with van der Waals surface area (Å²) < 4.78 is 16.0. The van der Waals surface area contributed by atoms with E-state index in [2.05, 4.69) is 4.99 Å². The number of nitrogens with zero attached hydrogens (tertiary/aromatic N) is 1. The predicted molar refractivity (Wildman–Crippen MR) is 91.2 cm³/mol. The summed E-state index contributed by atoms with van der Waals surface area (Å²) in [6.45, 7) is 2.45. The Balaban J connectivity index is 1.94. The number of hydrogen-bond acceptors (Lipinski definition) is 5. The van der Waals surface area contributed by atoms with Gasteiger partial charge in [-0.15, -0.1) is 0 Å². The van der Waals surface area contributed by atoms with Crippen molar-refractivity contribution in [3.63, 3.8) is 0 Å². The third-order valence-corrected chi connectivity index (χ3v) is 3.45. The molecular formula is C19H17NO4. The van der Waals surface area contributed by atoms with Gasteiger partial charge in [0.05, 0.1) is 13.7 Å². The first-order valence-corrected chi connectivity index (χ1v) is 7.60. The summed E-state index contributed by atoms with van der Waals surface area (Å²) in [4.78, 5) is 16.4. The fraction of sp³-hybridized carbons (Fsp3) is 0.158. The number of carbonyl (C=O) groups is 1. The zero-order valence-corrected chi connectivity index (χ0v) is 13.5. The van der Waals surface area contributed by atoms with Gasteiger partial charge in [0.1, 0.15) is 11.5 Å². The highest BCUT2D eigenvalue weighted by Crippen LogP contribution is 2.25. The molecule has 5 nitrogen and oxygen atoms in total. The number of para-hydroxylation sites is 1. The lowest BCUT2D eigenvalue weighted by Gasteiger charge is -2.06. The molecule has 1 aliphatic rings. The van der Waals surface area contributed by atoms with Crippen molar-refractivity contribution in [1.29, 1.82) is 0 Å². The van der Waals surface area contributed by atoms with E-state index in [-0.39, 0.29) is 11.6 Å². The molecule has 0 radical (unpaired) electrons. The quantitative estimate of drug-likeness (QED) is 0.625. The summed E-state index contributed by atoms with van der Waals surface area (Å²) in [6, 6.07) is 14.7. The molecule has 2 aromatic carbocycles. The summed E-state index contributed by atoms with van der Waals surface area (Å²) in [5.41, 5.74) is 1.70. The van der Waals surface area contributed by atoms with Gasteiger partial charge in [0.2, 0.25) is 5.90 Å². The van der Waals surface area contributed by atoms with Crippen LogP contribution in [-0.4, -0.2) is 25.6 Å². The van der Waals surface area contributed by atoms with Crippen LogP contribution in [0.4, 0.5) is 0 Å². The second kappa shape index (κ2) is 7.00. The number of rotatable bonds is 5. The molecular weight excluding hydrogens is 306 g/mol. The summed E-state index contributed by atoms with van der Waals surface area (Å²) in [7, 11) is 1.58. The minimum absolute atomic E-state index is 0.236. The van der Waals surface area contributed by atoms with E-state index < -0.39 is 5.97 Å². The normalized spacial score (nSPS) is 15.2. The van der Waals surface area contributed by atoms with Crippen LogP contribution in [0.25, 0.3) is 6.08 Å². The fourth-order valence-corrected chi connectivity index (χ4v) is 2.32. The van der Waals surface area contributed by atoms with Gasteiger partial charge in [-0.1, -0.05) is 24.3 Å². The van der Waals surface area contributed by atoms with Crippen LogP contribution in [0.3, 0.4) is 0 Å². The Morgan fingerprint density at radius 1 is 1.17 bits per heavy atom. The molecule has 0 atom stereocenters. The average Bonchev–Trinajstić information content (AvgIpc) is 2.98. The van der Waals surface area contributed by atoms with Gasteiger partial charge in [0.15, 0.2) is 5.70 Å². The summed E-state index contributed by atoms with van der Waals surface area (Å²) in [5.74, 6) is 1.15. The number of aliphatic imine (C=N–C) groups is 1. The Hall–Kier alpha value is -3.08. The van der Waals surface area contributed by atoms with E-state index in [1.807, 2.05) is 49.4 Å². The van der Waals surface area contributed by atoms with Crippen molar-refractivity contribution >= 4 is 17.9 Å². The van der Waals surface area contributed by atoms with Crippen molar-refractivity contribution in [2.45, 2.75) is 6.92 Å². The molecule has 0 unspecified atom stereocenters. The van der Waals surface area contributed by atoms with Gasteiger partial charge in [0, 0.05) is 11.1 Å². The third kappa shape index (κ3) is 3.30. The van der Waals surface area contributed by atoms with Crippen molar-refractivity contribution < 1.29 is 19.0 Å². The molecule has 1 heterocycles. The van der Waals surface area contributed by atoms with E-state index in [0.717, 1.165) is 5.56 Å². The van der Waals surface area contributed by atoms with E-state index in [1.165, 1.54) is 0 Å². The third-order valence-electron chi connectivity index (χ3n) is 3.45. The highest BCUT2D eigenvalue weighted by Gasteiger charge is 2.24. The van der Waals surface area contributed by atoms with E-state index in [4.69, 9.17) is 14.2 Å². The highest BCUT2D eigenvalue weighted by molar-refractivity contribution is 6.13. The van der Waals surface area contributed by atoms with E-state index >= 15 is 0 Å². The first kappa shape index (κ1) is 15.8. The van der Waals surface area contributed by atoms with Gasteiger partial charge >= 0.3 is 5.97 Å². The van der Waals surface area contributed by atoms with Gasteiger partial charge in [-0.2, -0.15) is 0 Å². The SMILES string of the molecule is CCOc1ccccc1/C=C1\N=C(c2cccc(OC)c2)OC1=O. The van der Waals surface area contributed by atoms with Gasteiger partial charge in [-0.05, 0) is 37.3 Å². The molecule has 0 bridgehead atoms. The van der Waals surface area contributed by atoms with Crippen molar-refractivity contribution in [3.05, 3.63) is 65.4 Å². The molecule has 5 heteroatoms. The number of carbonyl (C=O) groups excluding carboxylic acids is 1. The van der Waals surface area contributed by atoms with Gasteiger partial charge in [-0.3, -0.25) is 0 Å². The molecule has 2 aromatic rings. The largest absolute Gasteiger partial charge is 0.497 e. The monoisotopic (exact) mass is 323 g/mol. The van der Waals surface area contributed by atoms with Crippen LogP contribution in [0, 0.1) is 0 Å². The Bertz CT molecular complexity index is 824. The van der Waals surface area contributed by atoms with Crippen LogP contribution in [0.15, 0.2) is 59.2 Å². The van der Waals surface area contributed by atoms with Crippen molar-refractivity contribution in [3.8, 4) is 11.5 Å². The Labute approximate surface area is 140 Å². The molecule has 24 heavy (non-hydrogen) atoms. The molecule has 0 aliphatic carbocycles. The van der Waals surface area contributed by atoms with Crippen molar-refractivity contribution in [1.82, 2.24) is 0 Å². The summed E-state index contributed by atoms with van der Waals surface area (Å²) in [6.07, 6.45) is 1.67. The lowest BCUT2D eigenvalue weighted by molar-refractivity contribution is -0.129. The lowest BCUT2D eigenvalue weighted by atomic mass is 10.1. The first-order chi connectivity index (χ1) is 11.7. The molecule has 122 valence electrons. The maximum Gasteiger partial charge on any atom is 0.363 e. The molecule has 0 N–H and O–H groups in total. The topological polar surface area (TPSA) is 57.1 Å². The van der Waals surface area contributed by atoms with Crippen LogP contribution in [0.1, 0.15) is 18.1 Å². The highest BCUT2D eigenvalue weighted by atomic mass is 16.6. The van der Waals surface area contributed by atoms with Crippen LogP contribution in [0.2, 0.25) is 0 Å². The van der Waals surface area contributed by atoms with E-state index in [9.17, 15) is 4.79 Å². The second-order valence-electron chi connectivity index (χ2n) is 5.04. The van der Waals surface area contributed by atoms with Gasteiger partial charge < -0.3 is 14.2 Å². The molecule has 3 rings (SSSR count). The Morgan fingerprint density at radius 3 is 2.79 bits per heavy atom. The minimum atomic E-state index is -0.487. The van der Waals surface area contributed by atoms with E-state index in [1.54, 1.807) is 19.3 Å². The predicted octanol–water partition coefficient (Wildman–Crippen LogP) is 3.44. The van der Waals surface area contributed by atoms with Crippen LogP contribution in [-0.2, 0) is 9.53 Å². The number of methoxy groups -OCH3 is 1.